The second-order valence-corrected chi connectivity index (χ2v) is 6.28. The van der Waals surface area contributed by atoms with Crippen LogP contribution in [-0.4, -0.2) is 48.4 Å². The van der Waals surface area contributed by atoms with Gasteiger partial charge in [0.2, 0.25) is 0 Å². The number of nitrogens with zero attached hydrogens (tertiary/aromatic N) is 1. The predicted molar refractivity (Wildman–Crippen MR) is 72.1 cm³/mol. The highest BCUT2D eigenvalue weighted by molar-refractivity contribution is 5.78. The Morgan fingerprint density at radius 3 is 2.45 bits per heavy atom. The molecule has 0 spiro atoms. The molecular formula is C14H24FNO4. The van der Waals surface area contributed by atoms with Gasteiger partial charge in [0.05, 0.1) is 18.6 Å². The number of halogens is 1. The van der Waals surface area contributed by atoms with E-state index in [4.69, 9.17) is 9.47 Å². The van der Waals surface area contributed by atoms with Gasteiger partial charge in [-0.25, -0.2) is 9.18 Å². The third kappa shape index (κ3) is 3.84. The molecule has 1 saturated heterocycles. The maximum Gasteiger partial charge on any atom is 0.410 e. The summed E-state index contributed by atoms with van der Waals surface area (Å²) in [7, 11) is 0. The summed E-state index contributed by atoms with van der Waals surface area (Å²) >= 11 is 0. The highest BCUT2D eigenvalue weighted by Gasteiger charge is 2.48. The van der Waals surface area contributed by atoms with E-state index in [-0.39, 0.29) is 26.1 Å². The molecule has 5 nitrogen and oxygen atoms in total. The second-order valence-electron chi connectivity index (χ2n) is 6.28. The lowest BCUT2D eigenvalue weighted by molar-refractivity contribution is -0.162. The Hall–Kier alpha value is -1.33. The minimum absolute atomic E-state index is 0.149. The van der Waals surface area contributed by atoms with Gasteiger partial charge in [-0.2, -0.15) is 0 Å². The molecule has 1 rings (SSSR count). The first-order valence-corrected chi connectivity index (χ1v) is 6.89. The number of carbonyl (C=O) groups is 2. The molecule has 0 saturated carbocycles. The lowest BCUT2D eigenvalue weighted by atomic mass is 9.79. The Morgan fingerprint density at radius 1 is 1.40 bits per heavy atom. The molecule has 1 aliphatic rings. The number of rotatable bonds is 2. The number of likely N-dealkylation sites (tertiary alicyclic amines) is 1. The summed E-state index contributed by atoms with van der Waals surface area (Å²) in [6, 6.07) is 0. The molecule has 0 aliphatic carbocycles. The van der Waals surface area contributed by atoms with Crippen LogP contribution in [0, 0.1) is 5.41 Å². The van der Waals surface area contributed by atoms with E-state index in [1.54, 1.807) is 34.6 Å². The van der Waals surface area contributed by atoms with Gasteiger partial charge in [-0.05, 0) is 41.0 Å². The van der Waals surface area contributed by atoms with E-state index >= 15 is 0 Å². The Morgan fingerprint density at radius 2 is 2.00 bits per heavy atom. The minimum atomic E-state index is -1.46. The smallest absolute Gasteiger partial charge is 0.410 e. The topological polar surface area (TPSA) is 55.8 Å². The minimum Gasteiger partial charge on any atom is -0.465 e. The van der Waals surface area contributed by atoms with Crippen molar-refractivity contribution in [3.05, 3.63) is 0 Å². The van der Waals surface area contributed by atoms with Gasteiger partial charge in [-0.15, -0.1) is 0 Å². The van der Waals surface area contributed by atoms with Gasteiger partial charge in [0.25, 0.3) is 0 Å². The van der Waals surface area contributed by atoms with Crippen molar-refractivity contribution >= 4 is 12.1 Å². The lowest BCUT2D eigenvalue weighted by Gasteiger charge is -2.40. The van der Waals surface area contributed by atoms with Crippen LogP contribution in [0.15, 0.2) is 0 Å². The highest BCUT2D eigenvalue weighted by Crippen LogP contribution is 2.35. The van der Waals surface area contributed by atoms with Crippen molar-refractivity contribution in [3.8, 4) is 0 Å². The largest absolute Gasteiger partial charge is 0.465 e. The molecule has 20 heavy (non-hydrogen) atoms. The molecule has 0 aromatic carbocycles. The van der Waals surface area contributed by atoms with E-state index in [0.717, 1.165) is 0 Å². The van der Waals surface area contributed by atoms with Crippen molar-refractivity contribution in [2.75, 3.05) is 19.7 Å². The number of hydrogen-bond acceptors (Lipinski definition) is 4. The monoisotopic (exact) mass is 289 g/mol. The quantitative estimate of drug-likeness (QED) is 0.733. The molecule has 116 valence electrons. The summed E-state index contributed by atoms with van der Waals surface area (Å²) in [5, 5.41) is 0. The van der Waals surface area contributed by atoms with Gasteiger partial charge in [-0.3, -0.25) is 4.79 Å². The highest BCUT2D eigenvalue weighted by atomic mass is 19.1. The number of carbonyl (C=O) groups excluding carboxylic acids is 2. The van der Waals surface area contributed by atoms with Crippen LogP contribution in [0.4, 0.5) is 9.18 Å². The fourth-order valence-electron chi connectivity index (χ4n) is 2.03. The van der Waals surface area contributed by atoms with E-state index in [1.165, 1.54) is 4.90 Å². The van der Waals surface area contributed by atoms with Crippen LogP contribution in [0.25, 0.3) is 0 Å². The second kappa shape index (κ2) is 5.97. The van der Waals surface area contributed by atoms with Crippen LogP contribution < -0.4 is 0 Å². The van der Waals surface area contributed by atoms with Gasteiger partial charge in [0.15, 0.2) is 0 Å². The summed E-state index contributed by atoms with van der Waals surface area (Å²) in [5.41, 5.74) is -1.81. The van der Waals surface area contributed by atoms with Gasteiger partial charge in [0.1, 0.15) is 11.8 Å². The van der Waals surface area contributed by atoms with Gasteiger partial charge in [-0.1, -0.05) is 0 Å². The Kier molecular flexibility index (Phi) is 5.00. The molecule has 0 aromatic heterocycles. The number of piperidine rings is 1. The van der Waals surface area contributed by atoms with Crippen LogP contribution in [0.1, 0.15) is 41.0 Å². The average molecular weight is 289 g/mol. The zero-order valence-electron chi connectivity index (χ0n) is 12.9. The van der Waals surface area contributed by atoms with Crippen molar-refractivity contribution in [3.63, 3.8) is 0 Å². The average Bonchev–Trinajstić information content (AvgIpc) is 2.30. The van der Waals surface area contributed by atoms with Crippen LogP contribution in [0.2, 0.25) is 0 Å². The van der Waals surface area contributed by atoms with E-state index in [1.807, 2.05) is 0 Å². The van der Waals surface area contributed by atoms with Crippen LogP contribution >= 0.6 is 0 Å². The van der Waals surface area contributed by atoms with Crippen LogP contribution in [-0.2, 0) is 14.3 Å². The summed E-state index contributed by atoms with van der Waals surface area (Å²) in [6.07, 6.45) is -1.78. The lowest BCUT2D eigenvalue weighted by Crippen LogP contribution is -2.54. The van der Waals surface area contributed by atoms with Crippen molar-refractivity contribution in [2.24, 2.45) is 5.41 Å². The molecule has 0 bridgehead atoms. The first kappa shape index (κ1) is 16.7. The van der Waals surface area contributed by atoms with Crippen LogP contribution in [0.3, 0.4) is 0 Å². The molecule has 2 atom stereocenters. The molecule has 0 radical (unpaired) electrons. The molecule has 0 aromatic rings. The fourth-order valence-corrected chi connectivity index (χ4v) is 2.03. The zero-order chi connectivity index (χ0) is 15.6. The molecular weight excluding hydrogens is 265 g/mol. The van der Waals surface area contributed by atoms with E-state index in [2.05, 4.69) is 0 Å². The van der Waals surface area contributed by atoms with Crippen molar-refractivity contribution in [2.45, 2.75) is 52.8 Å². The number of alkyl halides is 1. The molecule has 0 N–H and O–H groups in total. The molecule has 1 fully saturated rings. The number of esters is 1. The molecule has 1 amide bonds. The Labute approximate surface area is 119 Å². The maximum absolute atomic E-state index is 14.3. The zero-order valence-corrected chi connectivity index (χ0v) is 12.9. The number of amides is 1. The fraction of sp³-hybridized carbons (Fsp3) is 0.857. The molecule has 1 aliphatic heterocycles. The van der Waals surface area contributed by atoms with Gasteiger partial charge in [0, 0.05) is 6.54 Å². The standard InChI is InChI=1S/C14H24FNO4/c1-6-19-11(17)14(5)7-8-16(9-10(14)15)12(18)20-13(2,3)4/h10H,6-9H2,1-5H3/t10-,14?/m1/s1. The van der Waals surface area contributed by atoms with Gasteiger partial charge < -0.3 is 14.4 Å². The third-order valence-corrected chi connectivity index (χ3v) is 3.37. The summed E-state index contributed by atoms with van der Waals surface area (Å²) < 4.78 is 24.4. The first-order chi connectivity index (χ1) is 9.10. The van der Waals surface area contributed by atoms with Crippen molar-refractivity contribution in [1.82, 2.24) is 4.90 Å². The van der Waals surface area contributed by atoms with Crippen LogP contribution in [0.5, 0.6) is 0 Å². The first-order valence-electron chi connectivity index (χ1n) is 6.89. The Bertz CT molecular complexity index is 380. The Balaban J connectivity index is 2.68. The molecule has 6 heteroatoms. The SMILES string of the molecule is CCOC(=O)C1(C)CCN(C(=O)OC(C)(C)C)C[C@H]1F. The van der Waals surface area contributed by atoms with E-state index in [0.29, 0.717) is 0 Å². The molecule has 1 heterocycles. The summed E-state index contributed by atoms with van der Waals surface area (Å²) in [5.74, 6) is -0.545. The van der Waals surface area contributed by atoms with Crippen molar-refractivity contribution < 1.29 is 23.5 Å². The number of hydrogen-bond donors (Lipinski definition) is 0. The maximum atomic E-state index is 14.3. The van der Waals surface area contributed by atoms with Crippen molar-refractivity contribution in [1.29, 1.82) is 0 Å². The van der Waals surface area contributed by atoms with E-state index < -0.39 is 29.3 Å². The summed E-state index contributed by atoms with van der Waals surface area (Å²) in [4.78, 5) is 25.0. The third-order valence-electron chi connectivity index (χ3n) is 3.37. The van der Waals surface area contributed by atoms with E-state index in [9.17, 15) is 14.0 Å². The summed E-state index contributed by atoms with van der Waals surface area (Å²) in [6.45, 7) is 8.84. The predicted octanol–water partition coefficient (Wildman–Crippen LogP) is 2.53. The number of ether oxygens (including phenoxy) is 2. The molecule has 1 unspecified atom stereocenters. The normalized spacial score (nSPS) is 27.1. The van der Waals surface area contributed by atoms with Gasteiger partial charge >= 0.3 is 12.1 Å².